The highest BCUT2D eigenvalue weighted by atomic mass is 127. The van der Waals surface area contributed by atoms with Crippen LogP contribution in [-0.2, 0) is 0 Å². The Morgan fingerprint density at radius 3 is 2.24 bits per heavy atom. The number of nitrogens with zero attached hydrogens (tertiary/aromatic N) is 2. The van der Waals surface area contributed by atoms with E-state index in [9.17, 15) is 0 Å². The Balaban J connectivity index is 0.00000400. The largest absolute Gasteiger partial charge is 0.370 e. The molecule has 0 aliphatic rings. The van der Waals surface area contributed by atoms with Crippen molar-refractivity contribution in [2.75, 3.05) is 26.2 Å². The lowest BCUT2D eigenvalue weighted by Gasteiger charge is -2.22. The number of aliphatic imine (C=N–C) groups is 1. The molecule has 21 heavy (non-hydrogen) atoms. The van der Waals surface area contributed by atoms with E-state index in [1.165, 1.54) is 5.56 Å². The standard InChI is InChI=1S/C15H25ClN4.HI/c1-3-20(4-2)10-9-13(11-19-15(17)18)12-5-7-14(16)8-6-12;/h5-8,13H,3-4,9-11H2,1-2H3,(H4,17,18,19);1H. The van der Waals surface area contributed by atoms with Gasteiger partial charge in [-0.3, -0.25) is 4.99 Å². The molecule has 0 aromatic heterocycles. The first kappa shape index (κ1) is 20.5. The summed E-state index contributed by atoms with van der Waals surface area (Å²) >= 11 is 5.94. The van der Waals surface area contributed by atoms with Gasteiger partial charge in [0.05, 0.1) is 0 Å². The second kappa shape index (κ2) is 11.1. The van der Waals surface area contributed by atoms with Crippen LogP contribution >= 0.6 is 35.6 Å². The van der Waals surface area contributed by atoms with Crippen LogP contribution in [0.2, 0.25) is 5.02 Å². The lowest BCUT2D eigenvalue weighted by atomic mass is 9.95. The molecule has 0 spiro atoms. The van der Waals surface area contributed by atoms with E-state index < -0.39 is 0 Å². The van der Waals surface area contributed by atoms with Crippen LogP contribution in [0.5, 0.6) is 0 Å². The normalized spacial score (nSPS) is 11.8. The Bertz CT molecular complexity index is 414. The molecule has 0 saturated carbocycles. The average Bonchev–Trinajstić information content (AvgIpc) is 2.44. The smallest absolute Gasteiger partial charge is 0.185 e. The molecule has 6 heteroatoms. The van der Waals surface area contributed by atoms with Crippen LogP contribution in [0, 0.1) is 0 Å². The predicted octanol–water partition coefficient (Wildman–Crippen LogP) is 3.05. The van der Waals surface area contributed by atoms with Crippen LogP contribution < -0.4 is 11.5 Å². The van der Waals surface area contributed by atoms with Crippen LogP contribution in [0.3, 0.4) is 0 Å². The Morgan fingerprint density at radius 2 is 1.76 bits per heavy atom. The fourth-order valence-corrected chi connectivity index (χ4v) is 2.32. The van der Waals surface area contributed by atoms with Gasteiger partial charge in [-0.25, -0.2) is 0 Å². The van der Waals surface area contributed by atoms with Gasteiger partial charge in [0.25, 0.3) is 0 Å². The maximum Gasteiger partial charge on any atom is 0.185 e. The minimum Gasteiger partial charge on any atom is -0.370 e. The van der Waals surface area contributed by atoms with Gasteiger partial charge in [-0.1, -0.05) is 37.6 Å². The van der Waals surface area contributed by atoms with Crippen molar-refractivity contribution in [3.8, 4) is 0 Å². The first-order valence-electron chi connectivity index (χ1n) is 7.10. The zero-order valence-electron chi connectivity index (χ0n) is 12.8. The summed E-state index contributed by atoms with van der Waals surface area (Å²) in [4.78, 5) is 6.58. The molecule has 120 valence electrons. The summed E-state index contributed by atoms with van der Waals surface area (Å²) in [5.74, 6) is 0.460. The minimum absolute atomic E-state index is 0. The van der Waals surface area contributed by atoms with Gasteiger partial charge in [-0.05, 0) is 43.8 Å². The maximum absolute atomic E-state index is 5.94. The van der Waals surface area contributed by atoms with Gasteiger partial charge >= 0.3 is 0 Å². The minimum atomic E-state index is 0. The Morgan fingerprint density at radius 1 is 1.19 bits per heavy atom. The van der Waals surface area contributed by atoms with Crippen molar-refractivity contribution in [1.29, 1.82) is 0 Å². The van der Waals surface area contributed by atoms with Gasteiger partial charge in [-0.15, -0.1) is 24.0 Å². The summed E-state index contributed by atoms with van der Waals surface area (Å²) < 4.78 is 0. The summed E-state index contributed by atoms with van der Waals surface area (Å²) in [6.07, 6.45) is 1.03. The monoisotopic (exact) mass is 424 g/mol. The van der Waals surface area contributed by atoms with Gasteiger partial charge in [0.2, 0.25) is 0 Å². The number of hydrogen-bond acceptors (Lipinski definition) is 2. The summed E-state index contributed by atoms with van der Waals surface area (Å²) in [5, 5.41) is 0.748. The van der Waals surface area contributed by atoms with Crippen molar-refractivity contribution in [3.05, 3.63) is 34.9 Å². The molecule has 0 radical (unpaired) electrons. The molecule has 0 bridgehead atoms. The van der Waals surface area contributed by atoms with Crippen LogP contribution in [0.1, 0.15) is 31.7 Å². The molecule has 1 unspecified atom stereocenters. The van der Waals surface area contributed by atoms with Crippen molar-refractivity contribution >= 4 is 41.5 Å². The van der Waals surface area contributed by atoms with Crippen molar-refractivity contribution in [2.45, 2.75) is 26.2 Å². The molecule has 0 aliphatic carbocycles. The zero-order chi connectivity index (χ0) is 15.0. The lowest BCUT2D eigenvalue weighted by Crippen LogP contribution is -2.27. The van der Waals surface area contributed by atoms with E-state index in [1.54, 1.807) is 0 Å². The number of benzene rings is 1. The SMILES string of the molecule is CCN(CC)CCC(CN=C(N)N)c1ccc(Cl)cc1.I. The summed E-state index contributed by atoms with van der Waals surface area (Å²) in [6.45, 7) is 8.14. The van der Waals surface area contributed by atoms with E-state index in [1.807, 2.05) is 12.1 Å². The van der Waals surface area contributed by atoms with E-state index in [2.05, 4.69) is 35.9 Å². The Labute approximate surface area is 149 Å². The van der Waals surface area contributed by atoms with Crippen molar-refractivity contribution in [3.63, 3.8) is 0 Å². The molecule has 0 amide bonds. The summed E-state index contributed by atoms with van der Waals surface area (Å²) in [7, 11) is 0. The number of hydrogen-bond donors (Lipinski definition) is 2. The fourth-order valence-electron chi connectivity index (χ4n) is 2.19. The van der Waals surface area contributed by atoms with Crippen molar-refractivity contribution in [2.24, 2.45) is 16.5 Å². The van der Waals surface area contributed by atoms with Crippen LogP contribution in [0.4, 0.5) is 0 Å². The van der Waals surface area contributed by atoms with E-state index in [0.29, 0.717) is 12.5 Å². The van der Waals surface area contributed by atoms with Gasteiger partial charge < -0.3 is 16.4 Å². The van der Waals surface area contributed by atoms with E-state index in [4.69, 9.17) is 23.1 Å². The summed E-state index contributed by atoms with van der Waals surface area (Å²) in [6, 6.07) is 7.93. The number of nitrogens with two attached hydrogens (primary N) is 2. The Hall–Kier alpha value is -0.530. The van der Waals surface area contributed by atoms with Gasteiger partial charge in [0, 0.05) is 17.5 Å². The maximum atomic E-state index is 5.94. The molecule has 0 aliphatic heterocycles. The van der Waals surface area contributed by atoms with Crippen molar-refractivity contribution < 1.29 is 0 Å². The highest BCUT2D eigenvalue weighted by Gasteiger charge is 2.13. The quantitative estimate of drug-likeness (QED) is 0.383. The van der Waals surface area contributed by atoms with E-state index >= 15 is 0 Å². The van der Waals surface area contributed by atoms with E-state index in [-0.39, 0.29) is 29.9 Å². The molecule has 0 fully saturated rings. The molecule has 1 aromatic carbocycles. The topological polar surface area (TPSA) is 67.6 Å². The molecular weight excluding hydrogens is 399 g/mol. The predicted molar refractivity (Wildman–Crippen MR) is 103 cm³/mol. The van der Waals surface area contributed by atoms with Crippen LogP contribution in [0.25, 0.3) is 0 Å². The molecule has 4 nitrogen and oxygen atoms in total. The molecule has 0 saturated heterocycles. The van der Waals surface area contributed by atoms with Crippen LogP contribution in [-0.4, -0.2) is 37.0 Å². The number of rotatable bonds is 8. The third-order valence-electron chi connectivity index (χ3n) is 3.52. The van der Waals surface area contributed by atoms with E-state index in [0.717, 1.165) is 31.1 Å². The van der Waals surface area contributed by atoms with Gasteiger partial charge in [0.1, 0.15) is 0 Å². The first-order chi connectivity index (χ1) is 9.56. The van der Waals surface area contributed by atoms with Crippen molar-refractivity contribution in [1.82, 2.24) is 4.90 Å². The molecule has 4 N–H and O–H groups in total. The third-order valence-corrected chi connectivity index (χ3v) is 3.78. The fraction of sp³-hybridized carbons (Fsp3) is 0.533. The van der Waals surface area contributed by atoms with Crippen LogP contribution in [0.15, 0.2) is 29.3 Å². The molecule has 1 atom stereocenters. The highest BCUT2D eigenvalue weighted by Crippen LogP contribution is 2.22. The Kier molecular flexibility index (Phi) is 10.8. The first-order valence-corrected chi connectivity index (χ1v) is 7.47. The zero-order valence-corrected chi connectivity index (χ0v) is 15.8. The molecule has 1 rings (SSSR count). The molecular formula is C15H26ClIN4. The van der Waals surface area contributed by atoms with Gasteiger partial charge in [-0.2, -0.15) is 0 Å². The van der Waals surface area contributed by atoms with Gasteiger partial charge in [0.15, 0.2) is 5.96 Å². The average molecular weight is 425 g/mol. The second-order valence-corrected chi connectivity index (χ2v) is 5.27. The lowest BCUT2D eigenvalue weighted by molar-refractivity contribution is 0.291. The second-order valence-electron chi connectivity index (χ2n) is 4.83. The summed E-state index contributed by atoms with van der Waals surface area (Å²) in [5.41, 5.74) is 12.1. The highest BCUT2D eigenvalue weighted by molar-refractivity contribution is 14.0. The molecule has 0 heterocycles. The molecule has 1 aromatic rings. The number of guanidine groups is 1. The number of halogens is 2. The third kappa shape index (κ3) is 7.87.